The second-order valence-electron chi connectivity index (χ2n) is 5.84. The Bertz CT molecular complexity index is 697. The van der Waals surface area contributed by atoms with Crippen LogP contribution in [0.15, 0.2) is 42.5 Å². The van der Waals surface area contributed by atoms with Crippen LogP contribution in [0.3, 0.4) is 0 Å². The lowest BCUT2D eigenvalue weighted by atomic mass is 10.1. The van der Waals surface area contributed by atoms with E-state index in [9.17, 15) is 4.79 Å². The third-order valence-electron chi connectivity index (χ3n) is 3.73. The molecule has 0 spiro atoms. The molecule has 2 aromatic carbocycles. The minimum absolute atomic E-state index is 0.181. The number of amides is 1. The first-order valence-electron chi connectivity index (χ1n) is 8.28. The number of rotatable bonds is 8. The molecular weight excluding hydrogens is 318 g/mol. The maximum Gasteiger partial charge on any atom is 0.260 e. The van der Waals surface area contributed by atoms with Gasteiger partial charge in [-0.1, -0.05) is 17.7 Å². The maximum atomic E-state index is 12.1. The van der Waals surface area contributed by atoms with Gasteiger partial charge in [-0.25, -0.2) is 0 Å². The molecule has 0 aliphatic carbocycles. The first-order valence-corrected chi connectivity index (χ1v) is 8.28. The molecule has 1 atom stereocenters. The summed E-state index contributed by atoms with van der Waals surface area (Å²) in [5, 5.41) is 2.81. The Labute approximate surface area is 148 Å². The topological polar surface area (TPSA) is 56.8 Å². The summed E-state index contributed by atoms with van der Waals surface area (Å²) in [7, 11) is 1.60. The van der Waals surface area contributed by atoms with Gasteiger partial charge in [0.05, 0.1) is 13.7 Å². The van der Waals surface area contributed by atoms with Gasteiger partial charge in [0.2, 0.25) is 0 Å². The molecule has 0 saturated carbocycles. The summed E-state index contributed by atoms with van der Waals surface area (Å²) in [5.41, 5.74) is 2.28. The smallest absolute Gasteiger partial charge is 0.260 e. The summed E-state index contributed by atoms with van der Waals surface area (Å²) < 4.78 is 16.4. The Kier molecular flexibility index (Phi) is 6.69. The van der Waals surface area contributed by atoms with Gasteiger partial charge in [-0.2, -0.15) is 0 Å². The average Bonchev–Trinajstić information content (AvgIpc) is 2.60. The molecule has 134 valence electrons. The van der Waals surface area contributed by atoms with Gasteiger partial charge in [0, 0.05) is 0 Å². The lowest BCUT2D eigenvalue weighted by Gasteiger charge is -2.15. The summed E-state index contributed by atoms with van der Waals surface area (Å²) in [6, 6.07) is 13.1. The standard InChI is InChI=1S/C20H25NO4/c1-14-5-10-19(15(2)13-14)24-12-11-21-20(22)16(3)25-18-8-6-17(23-4)7-9-18/h5-10,13,16H,11-12H2,1-4H3,(H,21,22). The molecule has 2 aromatic rings. The molecule has 0 saturated heterocycles. The lowest BCUT2D eigenvalue weighted by Crippen LogP contribution is -2.38. The highest BCUT2D eigenvalue weighted by molar-refractivity contribution is 5.80. The molecular formula is C20H25NO4. The van der Waals surface area contributed by atoms with Gasteiger partial charge in [0.1, 0.15) is 23.9 Å². The highest BCUT2D eigenvalue weighted by Crippen LogP contribution is 2.19. The van der Waals surface area contributed by atoms with Gasteiger partial charge in [-0.3, -0.25) is 4.79 Å². The summed E-state index contributed by atoms with van der Waals surface area (Å²) in [4.78, 5) is 12.1. The van der Waals surface area contributed by atoms with E-state index in [0.717, 1.165) is 17.1 Å². The SMILES string of the molecule is COc1ccc(OC(C)C(=O)NCCOc2ccc(C)cc2C)cc1. The van der Waals surface area contributed by atoms with Crippen molar-refractivity contribution in [2.24, 2.45) is 0 Å². The molecule has 25 heavy (non-hydrogen) atoms. The van der Waals surface area contributed by atoms with Crippen LogP contribution in [-0.4, -0.2) is 32.3 Å². The van der Waals surface area contributed by atoms with Crippen LogP contribution >= 0.6 is 0 Å². The molecule has 1 amide bonds. The average molecular weight is 343 g/mol. The van der Waals surface area contributed by atoms with E-state index in [2.05, 4.69) is 11.4 Å². The van der Waals surface area contributed by atoms with Crippen molar-refractivity contribution in [2.45, 2.75) is 26.9 Å². The van der Waals surface area contributed by atoms with Crippen molar-refractivity contribution in [3.8, 4) is 17.2 Å². The summed E-state index contributed by atoms with van der Waals surface area (Å²) in [5.74, 6) is 2.02. The summed E-state index contributed by atoms with van der Waals surface area (Å²) in [6.07, 6.45) is -0.588. The van der Waals surface area contributed by atoms with E-state index < -0.39 is 6.10 Å². The van der Waals surface area contributed by atoms with Crippen molar-refractivity contribution < 1.29 is 19.0 Å². The number of carbonyl (C=O) groups is 1. The van der Waals surface area contributed by atoms with Gasteiger partial charge in [0.15, 0.2) is 6.10 Å². The fraction of sp³-hybridized carbons (Fsp3) is 0.350. The highest BCUT2D eigenvalue weighted by atomic mass is 16.5. The quantitative estimate of drug-likeness (QED) is 0.748. The minimum Gasteiger partial charge on any atom is -0.497 e. The number of carbonyl (C=O) groups excluding carboxylic acids is 1. The number of methoxy groups -OCH3 is 1. The second-order valence-corrected chi connectivity index (χ2v) is 5.84. The highest BCUT2D eigenvalue weighted by Gasteiger charge is 2.14. The molecule has 0 aromatic heterocycles. The molecule has 5 heteroatoms. The molecule has 0 aliphatic heterocycles. The first kappa shape index (κ1) is 18.6. The van der Waals surface area contributed by atoms with Crippen molar-refractivity contribution in [2.75, 3.05) is 20.3 Å². The van der Waals surface area contributed by atoms with Crippen LogP contribution in [-0.2, 0) is 4.79 Å². The van der Waals surface area contributed by atoms with Crippen LogP contribution < -0.4 is 19.5 Å². The Morgan fingerprint density at radius 3 is 2.40 bits per heavy atom. The first-order chi connectivity index (χ1) is 12.0. The monoisotopic (exact) mass is 343 g/mol. The molecule has 1 N–H and O–H groups in total. The number of hydrogen-bond acceptors (Lipinski definition) is 4. The number of ether oxygens (including phenoxy) is 3. The van der Waals surface area contributed by atoms with Crippen LogP contribution in [0.1, 0.15) is 18.1 Å². The van der Waals surface area contributed by atoms with Crippen molar-refractivity contribution in [1.29, 1.82) is 0 Å². The molecule has 0 bridgehead atoms. The van der Waals surface area contributed by atoms with E-state index in [1.165, 1.54) is 5.56 Å². The largest absolute Gasteiger partial charge is 0.497 e. The number of nitrogens with one attached hydrogen (secondary N) is 1. The van der Waals surface area contributed by atoms with Crippen LogP contribution in [0.25, 0.3) is 0 Å². The molecule has 2 rings (SSSR count). The van der Waals surface area contributed by atoms with Crippen LogP contribution in [0.5, 0.6) is 17.2 Å². The Balaban J connectivity index is 1.73. The van der Waals surface area contributed by atoms with Gasteiger partial charge < -0.3 is 19.5 Å². The van der Waals surface area contributed by atoms with Crippen LogP contribution in [0.2, 0.25) is 0 Å². The van der Waals surface area contributed by atoms with Gasteiger partial charge in [0.25, 0.3) is 5.91 Å². The van der Waals surface area contributed by atoms with Crippen molar-refractivity contribution in [3.05, 3.63) is 53.6 Å². The maximum absolute atomic E-state index is 12.1. The van der Waals surface area contributed by atoms with E-state index in [0.29, 0.717) is 18.9 Å². The fourth-order valence-corrected chi connectivity index (χ4v) is 2.35. The van der Waals surface area contributed by atoms with E-state index >= 15 is 0 Å². The Hall–Kier alpha value is -2.69. The van der Waals surface area contributed by atoms with Gasteiger partial charge >= 0.3 is 0 Å². The molecule has 0 heterocycles. The van der Waals surface area contributed by atoms with Crippen LogP contribution in [0, 0.1) is 13.8 Å². The summed E-state index contributed by atoms with van der Waals surface area (Å²) >= 11 is 0. The normalized spacial score (nSPS) is 11.5. The van der Waals surface area contributed by atoms with Crippen molar-refractivity contribution in [3.63, 3.8) is 0 Å². The number of hydrogen-bond donors (Lipinski definition) is 1. The molecule has 0 radical (unpaired) electrons. The third-order valence-corrected chi connectivity index (χ3v) is 3.73. The second kappa shape index (κ2) is 8.97. The van der Waals surface area contributed by atoms with Gasteiger partial charge in [-0.05, 0) is 56.7 Å². The van der Waals surface area contributed by atoms with Crippen molar-refractivity contribution >= 4 is 5.91 Å². The van der Waals surface area contributed by atoms with E-state index in [1.807, 2.05) is 26.0 Å². The molecule has 0 fully saturated rings. The zero-order chi connectivity index (χ0) is 18.2. The number of benzene rings is 2. The molecule has 1 unspecified atom stereocenters. The Morgan fingerprint density at radius 1 is 1.08 bits per heavy atom. The molecule has 5 nitrogen and oxygen atoms in total. The van der Waals surface area contributed by atoms with E-state index in [-0.39, 0.29) is 5.91 Å². The van der Waals surface area contributed by atoms with Crippen LogP contribution in [0.4, 0.5) is 0 Å². The number of aryl methyl sites for hydroxylation is 2. The zero-order valence-corrected chi connectivity index (χ0v) is 15.2. The van der Waals surface area contributed by atoms with Gasteiger partial charge in [-0.15, -0.1) is 0 Å². The predicted octanol–water partition coefficient (Wildman–Crippen LogP) is 3.27. The third kappa shape index (κ3) is 5.71. The van der Waals surface area contributed by atoms with E-state index in [4.69, 9.17) is 14.2 Å². The minimum atomic E-state index is -0.588. The zero-order valence-electron chi connectivity index (χ0n) is 15.2. The lowest BCUT2D eigenvalue weighted by molar-refractivity contribution is -0.127. The fourth-order valence-electron chi connectivity index (χ4n) is 2.35. The Morgan fingerprint density at radius 2 is 1.76 bits per heavy atom. The van der Waals surface area contributed by atoms with Crippen molar-refractivity contribution in [1.82, 2.24) is 5.32 Å². The van der Waals surface area contributed by atoms with E-state index in [1.54, 1.807) is 38.3 Å². The molecule has 0 aliphatic rings. The summed E-state index contributed by atoms with van der Waals surface area (Å²) in [6.45, 7) is 6.59. The predicted molar refractivity (Wildman–Crippen MR) is 97.5 cm³/mol.